The summed E-state index contributed by atoms with van der Waals surface area (Å²) in [7, 11) is 0. The molecule has 0 spiro atoms. The summed E-state index contributed by atoms with van der Waals surface area (Å²) in [5, 5.41) is 24.4. The average Bonchev–Trinajstić information content (AvgIpc) is 3.42. The summed E-state index contributed by atoms with van der Waals surface area (Å²) < 4.78 is 11.1. The van der Waals surface area contributed by atoms with E-state index in [-0.39, 0.29) is 12.5 Å². The number of ether oxygens (including phenoxy) is 1. The highest BCUT2D eigenvalue weighted by molar-refractivity contribution is 5.97. The van der Waals surface area contributed by atoms with Crippen molar-refractivity contribution in [3.8, 4) is 17.2 Å². The van der Waals surface area contributed by atoms with E-state index in [0.717, 1.165) is 12.8 Å². The van der Waals surface area contributed by atoms with Gasteiger partial charge in [0.15, 0.2) is 0 Å². The smallest absolute Gasteiger partial charge is 0.255 e. The Hall–Kier alpha value is -3.23. The van der Waals surface area contributed by atoms with E-state index in [2.05, 4.69) is 45.1 Å². The molecule has 2 aromatic carbocycles. The first-order valence-electron chi connectivity index (χ1n) is 10.9. The number of fused-ring (bicyclic) bond motifs is 1. The molecule has 4 rings (SSSR count). The Kier molecular flexibility index (Phi) is 6.82. The molecule has 3 N–H and O–H groups in total. The van der Waals surface area contributed by atoms with E-state index < -0.39 is 6.10 Å². The molecule has 0 radical (unpaired) electrons. The number of hydrogen-bond acceptors (Lipinski definition) is 7. The largest absolute Gasteiger partial charge is 0.493 e. The number of benzene rings is 2. The second-order valence-corrected chi connectivity index (χ2v) is 7.92. The van der Waals surface area contributed by atoms with Crippen LogP contribution in [0.5, 0.6) is 5.75 Å². The maximum atomic E-state index is 12.7. The van der Waals surface area contributed by atoms with Gasteiger partial charge in [-0.1, -0.05) is 24.3 Å². The van der Waals surface area contributed by atoms with Crippen LogP contribution in [0.4, 0.5) is 0 Å². The molecule has 0 bridgehead atoms. The molecule has 8 heteroatoms. The zero-order valence-corrected chi connectivity index (χ0v) is 18.3. The van der Waals surface area contributed by atoms with Crippen LogP contribution in [0, 0.1) is 6.92 Å². The van der Waals surface area contributed by atoms with E-state index >= 15 is 0 Å². The number of nitrogens with one attached hydrogen (secondary N) is 2. The highest BCUT2D eigenvalue weighted by atomic mass is 16.5. The standard InChI is InChI=1S/C24H28N4O4/c1-3-31-22-12-18(24-28-27-15(2)32-24)8-9-21(22)23(30)26-14-20(29)13-25-19-10-16-6-4-5-7-17(16)11-19/h4-9,12,19-20,25,29H,3,10-11,13-14H2,1-2H3,(H,26,30)/t20-/m0/s1. The van der Waals surface area contributed by atoms with Crippen molar-refractivity contribution in [1.29, 1.82) is 0 Å². The number of amides is 1. The van der Waals surface area contributed by atoms with Crippen LogP contribution in [0.15, 0.2) is 46.9 Å². The van der Waals surface area contributed by atoms with Gasteiger partial charge in [0.25, 0.3) is 5.91 Å². The molecule has 1 aliphatic rings. The van der Waals surface area contributed by atoms with Crippen LogP contribution in [0.2, 0.25) is 0 Å². The van der Waals surface area contributed by atoms with Crippen molar-refractivity contribution in [3.05, 3.63) is 65.0 Å². The molecule has 1 aromatic heterocycles. The van der Waals surface area contributed by atoms with Gasteiger partial charge >= 0.3 is 0 Å². The maximum Gasteiger partial charge on any atom is 0.255 e. The molecule has 1 aliphatic carbocycles. The number of aryl methyl sites for hydroxylation is 1. The quantitative estimate of drug-likeness (QED) is 0.472. The van der Waals surface area contributed by atoms with Crippen LogP contribution in [0.25, 0.3) is 11.5 Å². The number of carbonyl (C=O) groups is 1. The number of rotatable bonds is 9. The van der Waals surface area contributed by atoms with E-state index in [1.165, 1.54) is 11.1 Å². The second kappa shape index (κ2) is 9.93. The van der Waals surface area contributed by atoms with Gasteiger partial charge in [-0.2, -0.15) is 0 Å². The molecule has 168 valence electrons. The Labute approximate surface area is 187 Å². The summed E-state index contributed by atoms with van der Waals surface area (Å²) in [6, 6.07) is 13.8. The van der Waals surface area contributed by atoms with Gasteiger partial charge in [-0.05, 0) is 49.1 Å². The van der Waals surface area contributed by atoms with Crippen LogP contribution in [-0.4, -0.2) is 53.1 Å². The molecule has 32 heavy (non-hydrogen) atoms. The fraction of sp³-hybridized carbons (Fsp3) is 0.375. The van der Waals surface area contributed by atoms with Crippen molar-refractivity contribution < 1.29 is 19.1 Å². The number of carbonyl (C=O) groups excluding carboxylic acids is 1. The van der Waals surface area contributed by atoms with Gasteiger partial charge in [0.1, 0.15) is 5.75 Å². The fourth-order valence-corrected chi connectivity index (χ4v) is 3.91. The molecule has 0 aliphatic heterocycles. The Bertz CT molecular complexity index is 1060. The highest BCUT2D eigenvalue weighted by Crippen LogP contribution is 2.27. The number of aliphatic hydroxyl groups is 1. The first kappa shape index (κ1) is 22.0. The fourth-order valence-electron chi connectivity index (χ4n) is 3.91. The monoisotopic (exact) mass is 436 g/mol. The minimum Gasteiger partial charge on any atom is -0.493 e. The molecule has 0 saturated carbocycles. The highest BCUT2D eigenvalue weighted by Gasteiger charge is 2.22. The summed E-state index contributed by atoms with van der Waals surface area (Å²) in [6.45, 7) is 4.52. The van der Waals surface area contributed by atoms with Gasteiger partial charge in [0, 0.05) is 31.6 Å². The van der Waals surface area contributed by atoms with E-state index in [1.807, 2.05) is 6.92 Å². The number of aromatic nitrogens is 2. The van der Waals surface area contributed by atoms with Crippen molar-refractivity contribution in [2.45, 2.75) is 38.8 Å². The summed E-state index contributed by atoms with van der Waals surface area (Å²) in [6.07, 6.45) is 1.22. The van der Waals surface area contributed by atoms with Gasteiger partial charge in [-0.15, -0.1) is 10.2 Å². The summed E-state index contributed by atoms with van der Waals surface area (Å²) in [5.41, 5.74) is 3.77. The SMILES string of the molecule is CCOc1cc(-c2nnc(C)o2)ccc1C(=O)NC[C@@H](O)CNC1Cc2ccccc2C1. The first-order valence-corrected chi connectivity index (χ1v) is 10.9. The average molecular weight is 437 g/mol. The Balaban J connectivity index is 1.31. The molecule has 0 unspecified atom stereocenters. The zero-order chi connectivity index (χ0) is 22.5. The van der Waals surface area contributed by atoms with E-state index in [9.17, 15) is 9.90 Å². The summed E-state index contributed by atoms with van der Waals surface area (Å²) >= 11 is 0. The van der Waals surface area contributed by atoms with Gasteiger partial charge < -0.3 is 24.9 Å². The van der Waals surface area contributed by atoms with Crippen LogP contribution in [-0.2, 0) is 12.8 Å². The van der Waals surface area contributed by atoms with Gasteiger partial charge in [0.05, 0.1) is 18.3 Å². The number of nitrogens with zero attached hydrogens (tertiary/aromatic N) is 2. The van der Waals surface area contributed by atoms with Crippen molar-refractivity contribution in [1.82, 2.24) is 20.8 Å². The second-order valence-electron chi connectivity index (χ2n) is 7.92. The third kappa shape index (κ3) is 5.15. The van der Waals surface area contributed by atoms with Gasteiger partial charge in [0.2, 0.25) is 11.8 Å². The van der Waals surface area contributed by atoms with Gasteiger partial charge in [-0.3, -0.25) is 4.79 Å². The van der Waals surface area contributed by atoms with E-state index in [4.69, 9.17) is 9.15 Å². The van der Waals surface area contributed by atoms with Crippen molar-refractivity contribution in [2.75, 3.05) is 19.7 Å². The summed E-state index contributed by atoms with van der Waals surface area (Å²) in [4.78, 5) is 12.7. The Morgan fingerprint density at radius 2 is 1.94 bits per heavy atom. The molecular formula is C24H28N4O4. The minimum absolute atomic E-state index is 0.141. The maximum absolute atomic E-state index is 12.7. The molecular weight excluding hydrogens is 408 g/mol. The van der Waals surface area contributed by atoms with E-state index in [1.54, 1.807) is 25.1 Å². The lowest BCUT2D eigenvalue weighted by Crippen LogP contribution is -2.41. The third-order valence-electron chi connectivity index (χ3n) is 5.49. The lowest BCUT2D eigenvalue weighted by molar-refractivity contribution is 0.0910. The van der Waals surface area contributed by atoms with Crippen molar-refractivity contribution in [3.63, 3.8) is 0 Å². The third-order valence-corrected chi connectivity index (χ3v) is 5.49. The Morgan fingerprint density at radius 1 is 1.19 bits per heavy atom. The van der Waals surface area contributed by atoms with Crippen molar-refractivity contribution >= 4 is 5.91 Å². The normalized spacial score (nSPS) is 14.2. The molecule has 1 atom stereocenters. The number of aliphatic hydroxyl groups excluding tert-OH is 1. The Morgan fingerprint density at radius 3 is 2.59 bits per heavy atom. The van der Waals surface area contributed by atoms with Crippen LogP contribution < -0.4 is 15.4 Å². The van der Waals surface area contributed by atoms with Crippen LogP contribution in [0.3, 0.4) is 0 Å². The van der Waals surface area contributed by atoms with Crippen molar-refractivity contribution in [2.24, 2.45) is 0 Å². The first-order chi connectivity index (χ1) is 15.5. The summed E-state index contributed by atoms with van der Waals surface area (Å²) in [5.74, 6) is 0.943. The van der Waals surface area contributed by atoms with Gasteiger partial charge in [-0.25, -0.2) is 0 Å². The molecule has 1 amide bonds. The topological polar surface area (TPSA) is 110 Å². The lowest BCUT2D eigenvalue weighted by atomic mass is 10.1. The molecule has 1 heterocycles. The molecule has 3 aromatic rings. The van der Waals surface area contributed by atoms with Crippen LogP contribution >= 0.6 is 0 Å². The minimum atomic E-state index is -0.696. The predicted molar refractivity (Wildman–Crippen MR) is 120 cm³/mol. The molecule has 0 fully saturated rings. The van der Waals surface area contributed by atoms with Crippen LogP contribution in [0.1, 0.15) is 34.3 Å². The zero-order valence-electron chi connectivity index (χ0n) is 18.3. The lowest BCUT2D eigenvalue weighted by Gasteiger charge is -2.17. The number of hydrogen-bond donors (Lipinski definition) is 3. The molecule has 0 saturated heterocycles. The molecule has 8 nitrogen and oxygen atoms in total. The predicted octanol–water partition coefficient (Wildman–Crippen LogP) is 2.29. The van der Waals surface area contributed by atoms with E-state index in [0.29, 0.717) is 47.9 Å².